The van der Waals surface area contributed by atoms with Gasteiger partial charge in [-0.1, -0.05) is 30.9 Å². The lowest BCUT2D eigenvalue weighted by atomic mass is 10.2. The van der Waals surface area contributed by atoms with Crippen LogP contribution in [-0.2, 0) is 4.79 Å². The monoisotopic (exact) mass is 217 g/mol. The van der Waals surface area contributed by atoms with Crippen molar-refractivity contribution in [2.45, 2.75) is 13.3 Å². The van der Waals surface area contributed by atoms with Gasteiger partial charge in [0.25, 0.3) is 0 Å². The van der Waals surface area contributed by atoms with Crippen molar-refractivity contribution in [3.63, 3.8) is 0 Å². The van der Waals surface area contributed by atoms with Gasteiger partial charge in [-0.15, -0.1) is 0 Å². The van der Waals surface area contributed by atoms with E-state index in [0.29, 0.717) is 13.0 Å². The summed E-state index contributed by atoms with van der Waals surface area (Å²) in [6.07, 6.45) is 0.482. The molecule has 3 heteroatoms. The summed E-state index contributed by atoms with van der Waals surface area (Å²) in [6.45, 7) is 2.17. The van der Waals surface area contributed by atoms with Crippen molar-refractivity contribution in [1.29, 1.82) is 0 Å². The zero-order valence-corrected chi connectivity index (χ0v) is 9.54. The predicted molar refractivity (Wildman–Crippen MR) is 63.2 cm³/mol. The molecule has 1 aromatic rings. The Balaban J connectivity index is 2.59. The van der Waals surface area contributed by atoms with Gasteiger partial charge in [-0.2, -0.15) is 0 Å². The van der Waals surface area contributed by atoms with E-state index in [9.17, 15) is 4.79 Å². The Labute approximate surface area is 95.8 Å². The maximum absolute atomic E-state index is 10.9. The quantitative estimate of drug-likeness (QED) is 0.780. The van der Waals surface area contributed by atoms with Gasteiger partial charge in [0.2, 0.25) is 5.91 Å². The fourth-order valence-electron chi connectivity index (χ4n) is 1.16. The van der Waals surface area contributed by atoms with Gasteiger partial charge in [0.05, 0.1) is 19.2 Å². The summed E-state index contributed by atoms with van der Waals surface area (Å²) in [5, 5.41) is 2.69. The molecule has 0 aromatic heterocycles. The van der Waals surface area contributed by atoms with Crippen molar-refractivity contribution in [2.75, 3.05) is 13.7 Å². The molecule has 84 valence electrons. The lowest BCUT2D eigenvalue weighted by molar-refractivity contribution is -0.120. The molecular weight excluding hydrogens is 202 g/mol. The second kappa shape index (κ2) is 6.52. The smallest absolute Gasteiger partial charge is 0.220 e. The third-order valence-corrected chi connectivity index (χ3v) is 2.03. The number of amides is 1. The fraction of sp³-hybridized carbons (Fsp3) is 0.308. The van der Waals surface area contributed by atoms with Crippen LogP contribution in [0.25, 0.3) is 0 Å². The first-order chi connectivity index (χ1) is 7.77. The molecule has 0 aliphatic rings. The van der Waals surface area contributed by atoms with Crippen LogP contribution < -0.4 is 10.1 Å². The molecule has 0 heterocycles. The molecule has 1 rings (SSSR count). The highest BCUT2D eigenvalue weighted by Gasteiger charge is 1.96. The van der Waals surface area contributed by atoms with Crippen LogP contribution >= 0.6 is 0 Å². The molecule has 1 amide bonds. The van der Waals surface area contributed by atoms with Crippen LogP contribution in [0.5, 0.6) is 5.75 Å². The van der Waals surface area contributed by atoms with Gasteiger partial charge in [-0.05, 0) is 12.1 Å². The number of para-hydroxylation sites is 1. The van der Waals surface area contributed by atoms with E-state index in [1.54, 1.807) is 7.11 Å². The Morgan fingerprint density at radius 1 is 1.44 bits per heavy atom. The van der Waals surface area contributed by atoms with E-state index in [0.717, 1.165) is 11.3 Å². The van der Waals surface area contributed by atoms with Crippen molar-refractivity contribution in [2.24, 2.45) is 0 Å². The Morgan fingerprint density at radius 3 is 2.88 bits per heavy atom. The zero-order chi connectivity index (χ0) is 11.8. The first-order valence-electron chi connectivity index (χ1n) is 5.16. The van der Waals surface area contributed by atoms with Gasteiger partial charge >= 0.3 is 0 Å². The summed E-state index contributed by atoms with van der Waals surface area (Å²) >= 11 is 0. The van der Waals surface area contributed by atoms with Gasteiger partial charge in [-0.3, -0.25) is 4.79 Å². The summed E-state index contributed by atoms with van der Waals surface area (Å²) in [4.78, 5) is 10.9. The molecule has 0 saturated heterocycles. The standard InChI is InChI=1S/C13H15NO2/c1-3-13(15)14-10-6-8-11-7-4-5-9-12(11)16-2/h4-5,7,9H,3,10H2,1-2H3,(H,14,15). The van der Waals surface area contributed by atoms with Crippen LogP contribution in [0.3, 0.4) is 0 Å². The van der Waals surface area contributed by atoms with Crippen molar-refractivity contribution in [1.82, 2.24) is 5.32 Å². The van der Waals surface area contributed by atoms with Crippen LogP contribution in [0, 0.1) is 11.8 Å². The van der Waals surface area contributed by atoms with Crippen LogP contribution in [0.15, 0.2) is 24.3 Å². The molecule has 16 heavy (non-hydrogen) atoms. The van der Waals surface area contributed by atoms with E-state index >= 15 is 0 Å². The lowest BCUT2D eigenvalue weighted by Crippen LogP contribution is -2.22. The minimum atomic E-state index is 0.00864. The van der Waals surface area contributed by atoms with E-state index in [2.05, 4.69) is 17.2 Å². The third-order valence-electron chi connectivity index (χ3n) is 2.03. The average molecular weight is 217 g/mol. The van der Waals surface area contributed by atoms with Crippen molar-refractivity contribution >= 4 is 5.91 Å². The summed E-state index contributed by atoms with van der Waals surface area (Å²) in [6, 6.07) is 7.53. The number of ether oxygens (including phenoxy) is 1. The number of carbonyl (C=O) groups excluding carboxylic acids is 1. The topological polar surface area (TPSA) is 38.3 Å². The Morgan fingerprint density at radius 2 is 2.19 bits per heavy atom. The molecule has 0 unspecified atom stereocenters. The molecule has 0 radical (unpaired) electrons. The second-order valence-electron chi connectivity index (χ2n) is 3.13. The Hall–Kier alpha value is -1.95. The zero-order valence-electron chi connectivity index (χ0n) is 9.54. The maximum Gasteiger partial charge on any atom is 0.220 e. The van der Waals surface area contributed by atoms with Gasteiger partial charge in [0.15, 0.2) is 0 Å². The van der Waals surface area contributed by atoms with Gasteiger partial charge in [0.1, 0.15) is 5.75 Å². The highest BCUT2D eigenvalue weighted by molar-refractivity contribution is 5.75. The molecule has 0 aliphatic heterocycles. The largest absolute Gasteiger partial charge is 0.495 e. The van der Waals surface area contributed by atoms with Gasteiger partial charge in [0, 0.05) is 6.42 Å². The van der Waals surface area contributed by atoms with E-state index in [1.807, 2.05) is 31.2 Å². The first-order valence-corrected chi connectivity index (χ1v) is 5.16. The molecule has 0 atom stereocenters. The van der Waals surface area contributed by atoms with E-state index < -0.39 is 0 Å². The first kappa shape index (κ1) is 12.1. The van der Waals surface area contributed by atoms with Crippen LogP contribution in [0.4, 0.5) is 0 Å². The highest BCUT2D eigenvalue weighted by atomic mass is 16.5. The van der Waals surface area contributed by atoms with Crippen molar-refractivity contribution < 1.29 is 9.53 Å². The normalized spacial score (nSPS) is 8.88. The summed E-state index contributed by atoms with van der Waals surface area (Å²) in [5.74, 6) is 6.59. The van der Waals surface area contributed by atoms with E-state index in [1.165, 1.54) is 0 Å². The predicted octanol–water partition coefficient (Wildman–Crippen LogP) is 1.57. The molecule has 1 aromatic carbocycles. The van der Waals surface area contributed by atoms with Crippen LogP contribution in [0.2, 0.25) is 0 Å². The number of carbonyl (C=O) groups is 1. The van der Waals surface area contributed by atoms with Crippen LogP contribution in [-0.4, -0.2) is 19.6 Å². The molecule has 0 fully saturated rings. The molecule has 3 nitrogen and oxygen atoms in total. The number of hydrogen-bond acceptors (Lipinski definition) is 2. The van der Waals surface area contributed by atoms with Crippen molar-refractivity contribution in [3.8, 4) is 17.6 Å². The number of nitrogens with one attached hydrogen (secondary N) is 1. The minimum Gasteiger partial charge on any atom is -0.495 e. The summed E-state index contributed by atoms with van der Waals surface area (Å²) in [7, 11) is 1.61. The van der Waals surface area contributed by atoms with E-state index in [4.69, 9.17) is 4.74 Å². The maximum atomic E-state index is 10.9. The fourth-order valence-corrected chi connectivity index (χ4v) is 1.16. The number of hydrogen-bond donors (Lipinski definition) is 1. The molecule has 0 saturated carbocycles. The summed E-state index contributed by atoms with van der Waals surface area (Å²) < 4.78 is 5.15. The number of rotatable bonds is 3. The molecule has 1 N–H and O–H groups in total. The van der Waals surface area contributed by atoms with E-state index in [-0.39, 0.29) is 5.91 Å². The lowest BCUT2D eigenvalue weighted by Gasteiger charge is -2.01. The summed E-state index contributed by atoms with van der Waals surface area (Å²) in [5.41, 5.74) is 0.829. The average Bonchev–Trinajstić information content (AvgIpc) is 2.34. The highest BCUT2D eigenvalue weighted by Crippen LogP contribution is 2.15. The third kappa shape index (κ3) is 3.66. The second-order valence-corrected chi connectivity index (χ2v) is 3.13. The van der Waals surface area contributed by atoms with Gasteiger partial charge < -0.3 is 10.1 Å². The van der Waals surface area contributed by atoms with Gasteiger partial charge in [-0.25, -0.2) is 0 Å². The van der Waals surface area contributed by atoms with Crippen LogP contribution in [0.1, 0.15) is 18.9 Å². The number of benzene rings is 1. The minimum absolute atomic E-state index is 0.00864. The molecular formula is C13H15NO2. The SMILES string of the molecule is CCC(=O)NCC#Cc1ccccc1OC. The molecule has 0 aliphatic carbocycles. The molecule has 0 spiro atoms. The molecule has 0 bridgehead atoms. The van der Waals surface area contributed by atoms with Crippen molar-refractivity contribution in [3.05, 3.63) is 29.8 Å². The Kier molecular flexibility index (Phi) is 4.94. The Bertz CT molecular complexity index is 415. The number of methoxy groups -OCH3 is 1.